The Balaban J connectivity index is 1.94. The number of amides is 1. The second kappa shape index (κ2) is 8.17. The van der Waals surface area contributed by atoms with E-state index >= 15 is 0 Å². The van der Waals surface area contributed by atoms with Gasteiger partial charge in [0, 0.05) is 12.1 Å². The molecule has 0 spiro atoms. The average molecular weight is 370 g/mol. The Bertz CT molecular complexity index is 799. The van der Waals surface area contributed by atoms with Crippen LogP contribution in [0.5, 0.6) is 5.75 Å². The van der Waals surface area contributed by atoms with Crippen molar-refractivity contribution in [2.24, 2.45) is 0 Å². The van der Waals surface area contributed by atoms with Crippen molar-refractivity contribution in [3.8, 4) is 5.75 Å². The number of hydrogen-bond acceptors (Lipinski definition) is 3. The predicted molar refractivity (Wildman–Crippen MR) is 111 cm³/mol. The first-order chi connectivity index (χ1) is 12.5. The molecule has 0 heterocycles. The average Bonchev–Trinajstić information content (AvgIpc) is 3.47. The Kier molecular flexibility index (Phi) is 5.92. The third-order valence-electron chi connectivity index (χ3n) is 4.91. The van der Waals surface area contributed by atoms with Gasteiger partial charge in [-0.25, -0.2) is 0 Å². The molecule has 1 amide bonds. The number of benzene rings is 2. The number of ether oxygens (including phenoxy) is 1. The molecule has 26 heavy (non-hydrogen) atoms. The third-order valence-corrected chi connectivity index (χ3v) is 5.48. The zero-order chi connectivity index (χ0) is 18.7. The second-order valence-electron chi connectivity index (χ2n) is 6.89. The summed E-state index contributed by atoms with van der Waals surface area (Å²) in [5.74, 6) is 1.52. The fraction of sp³-hybridized carbons (Fsp3) is 0.409. The van der Waals surface area contributed by atoms with Crippen molar-refractivity contribution in [3.05, 3.63) is 58.7 Å². The van der Waals surface area contributed by atoms with E-state index in [1.807, 2.05) is 30.2 Å². The van der Waals surface area contributed by atoms with E-state index < -0.39 is 0 Å². The summed E-state index contributed by atoms with van der Waals surface area (Å²) in [7, 11) is 0. The SMILES string of the molecule is CCN(C(=O)SC)c1cccc(C2CC2)c1COc1ccc(C)cc1C. The summed E-state index contributed by atoms with van der Waals surface area (Å²) in [5, 5.41) is 0.0770. The molecule has 1 aliphatic carbocycles. The standard InChI is InChI=1S/C22H27NO2S/c1-5-23(22(24)26-4)20-8-6-7-18(17-10-11-17)19(20)14-25-21-12-9-15(2)13-16(21)3/h6-9,12-13,17H,5,10-11,14H2,1-4H3. The molecule has 0 unspecified atom stereocenters. The number of carbonyl (C=O) groups excluding carboxylic acids is 1. The molecule has 1 saturated carbocycles. The van der Waals surface area contributed by atoms with Crippen molar-refractivity contribution in [3.63, 3.8) is 0 Å². The fourth-order valence-electron chi connectivity index (χ4n) is 3.40. The Labute approximate surface area is 160 Å². The van der Waals surface area contributed by atoms with Crippen LogP contribution in [0.1, 0.15) is 47.9 Å². The van der Waals surface area contributed by atoms with Crippen LogP contribution in [0.4, 0.5) is 10.5 Å². The molecule has 0 radical (unpaired) electrons. The van der Waals surface area contributed by atoms with Crippen molar-refractivity contribution in [1.29, 1.82) is 0 Å². The van der Waals surface area contributed by atoms with E-state index in [0.29, 0.717) is 19.1 Å². The summed E-state index contributed by atoms with van der Waals surface area (Å²) in [5.41, 5.74) is 5.85. The predicted octanol–water partition coefficient (Wildman–Crippen LogP) is 6.07. The van der Waals surface area contributed by atoms with Crippen molar-refractivity contribution >= 4 is 22.7 Å². The zero-order valence-electron chi connectivity index (χ0n) is 16.0. The molecule has 3 nitrogen and oxygen atoms in total. The molecule has 4 heteroatoms. The van der Waals surface area contributed by atoms with Gasteiger partial charge in [0.15, 0.2) is 0 Å². The highest BCUT2D eigenvalue weighted by molar-refractivity contribution is 8.13. The topological polar surface area (TPSA) is 29.5 Å². The smallest absolute Gasteiger partial charge is 0.285 e. The van der Waals surface area contributed by atoms with Crippen LogP contribution >= 0.6 is 11.8 Å². The summed E-state index contributed by atoms with van der Waals surface area (Å²) in [6, 6.07) is 12.6. The molecule has 0 aliphatic heterocycles. The molecular formula is C22H27NO2S. The molecule has 0 saturated heterocycles. The quantitative estimate of drug-likeness (QED) is 0.619. The van der Waals surface area contributed by atoms with Crippen LogP contribution in [0.15, 0.2) is 36.4 Å². The number of rotatable bonds is 6. The molecule has 0 aromatic heterocycles. The molecule has 0 bridgehead atoms. The molecule has 1 aliphatic rings. The third kappa shape index (κ3) is 4.07. The highest BCUT2D eigenvalue weighted by atomic mass is 32.2. The lowest BCUT2D eigenvalue weighted by molar-refractivity contribution is 0.265. The van der Waals surface area contributed by atoms with E-state index in [1.165, 1.54) is 35.7 Å². The van der Waals surface area contributed by atoms with Gasteiger partial charge in [0.2, 0.25) is 0 Å². The lowest BCUT2D eigenvalue weighted by atomic mass is 10.0. The van der Waals surface area contributed by atoms with Crippen LogP contribution in [-0.4, -0.2) is 18.0 Å². The maximum Gasteiger partial charge on any atom is 0.285 e. The van der Waals surface area contributed by atoms with Crippen molar-refractivity contribution in [2.75, 3.05) is 17.7 Å². The van der Waals surface area contributed by atoms with Gasteiger partial charge in [-0.05, 0) is 69.0 Å². The van der Waals surface area contributed by atoms with Crippen molar-refractivity contribution < 1.29 is 9.53 Å². The minimum Gasteiger partial charge on any atom is -0.489 e. The van der Waals surface area contributed by atoms with Crippen LogP contribution in [0.2, 0.25) is 0 Å². The van der Waals surface area contributed by atoms with Gasteiger partial charge in [-0.15, -0.1) is 0 Å². The van der Waals surface area contributed by atoms with E-state index in [0.717, 1.165) is 22.6 Å². The van der Waals surface area contributed by atoms with E-state index in [1.54, 1.807) is 0 Å². The summed E-state index contributed by atoms with van der Waals surface area (Å²) in [6.45, 7) is 7.33. The molecular weight excluding hydrogens is 342 g/mol. The van der Waals surface area contributed by atoms with Crippen LogP contribution < -0.4 is 9.64 Å². The van der Waals surface area contributed by atoms with Gasteiger partial charge in [-0.2, -0.15) is 0 Å². The number of aryl methyl sites for hydroxylation is 2. The van der Waals surface area contributed by atoms with Crippen LogP contribution in [0.3, 0.4) is 0 Å². The Morgan fingerprint density at radius 3 is 2.62 bits per heavy atom. The number of hydrogen-bond donors (Lipinski definition) is 0. The van der Waals surface area contributed by atoms with E-state index in [9.17, 15) is 4.79 Å². The molecule has 0 N–H and O–H groups in total. The normalized spacial score (nSPS) is 13.5. The molecule has 0 atom stereocenters. The maximum atomic E-state index is 12.4. The van der Waals surface area contributed by atoms with E-state index in [2.05, 4.69) is 38.1 Å². The second-order valence-corrected chi connectivity index (χ2v) is 7.65. The number of thioether (sulfide) groups is 1. The summed E-state index contributed by atoms with van der Waals surface area (Å²) in [6.07, 6.45) is 4.28. The van der Waals surface area contributed by atoms with Crippen molar-refractivity contribution in [1.82, 2.24) is 0 Å². The lowest BCUT2D eigenvalue weighted by Crippen LogP contribution is -2.28. The minimum absolute atomic E-state index is 0.0770. The number of carbonyl (C=O) groups is 1. The highest BCUT2D eigenvalue weighted by Crippen LogP contribution is 2.44. The first-order valence-electron chi connectivity index (χ1n) is 9.22. The minimum atomic E-state index is 0.0770. The van der Waals surface area contributed by atoms with Gasteiger partial charge in [0.1, 0.15) is 12.4 Å². The zero-order valence-corrected chi connectivity index (χ0v) is 16.9. The maximum absolute atomic E-state index is 12.4. The largest absolute Gasteiger partial charge is 0.489 e. The van der Waals surface area contributed by atoms with Gasteiger partial charge in [0.25, 0.3) is 5.24 Å². The molecule has 2 aromatic rings. The summed E-state index contributed by atoms with van der Waals surface area (Å²) < 4.78 is 6.20. The highest BCUT2D eigenvalue weighted by Gasteiger charge is 2.29. The fourth-order valence-corrected chi connectivity index (χ4v) is 3.85. The molecule has 2 aromatic carbocycles. The first-order valence-corrected chi connectivity index (χ1v) is 10.4. The molecule has 138 valence electrons. The van der Waals surface area contributed by atoms with E-state index in [4.69, 9.17) is 4.74 Å². The first kappa shape index (κ1) is 18.8. The Morgan fingerprint density at radius 2 is 2.00 bits per heavy atom. The van der Waals surface area contributed by atoms with Gasteiger partial charge in [-0.1, -0.05) is 41.6 Å². The van der Waals surface area contributed by atoms with Crippen molar-refractivity contribution in [2.45, 2.75) is 46.1 Å². The van der Waals surface area contributed by atoms with Gasteiger partial charge in [-0.3, -0.25) is 4.79 Å². The van der Waals surface area contributed by atoms with Gasteiger partial charge < -0.3 is 9.64 Å². The van der Waals surface area contributed by atoms with Crippen LogP contribution in [-0.2, 0) is 6.61 Å². The number of nitrogens with zero attached hydrogens (tertiary/aromatic N) is 1. The van der Waals surface area contributed by atoms with Gasteiger partial charge in [0.05, 0.1) is 5.69 Å². The number of anilines is 1. The van der Waals surface area contributed by atoms with Gasteiger partial charge >= 0.3 is 0 Å². The Hall–Kier alpha value is -1.94. The monoisotopic (exact) mass is 369 g/mol. The van der Waals surface area contributed by atoms with E-state index in [-0.39, 0.29) is 5.24 Å². The molecule has 1 fully saturated rings. The lowest BCUT2D eigenvalue weighted by Gasteiger charge is -2.25. The summed E-state index contributed by atoms with van der Waals surface area (Å²) >= 11 is 1.26. The van der Waals surface area contributed by atoms with Crippen LogP contribution in [0.25, 0.3) is 0 Å². The Morgan fingerprint density at radius 1 is 1.23 bits per heavy atom. The molecule has 3 rings (SSSR count). The van der Waals surface area contributed by atoms with Crippen LogP contribution in [0, 0.1) is 13.8 Å². The summed E-state index contributed by atoms with van der Waals surface area (Å²) in [4.78, 5) is 14.3.